The van der Waals surface area contributed by atoms with Crippen molar-refractivity contribution in [2.24, 2.45) is 0 Å². The molecule has 26 heavy (non-hydrogen) atoms. The van der Waals surface area contributed by atoms with Crippen molar-refractivity contribution in [2.75, 3.05) is 11.9 Å². The molecule has 1 aromatic heterocycles. The maximum absolute atomic E-state index is 10.4. The molecule has 0 saturated heterocycles. The molecular formula is C21H33N3O2. The molecule has 0 aliphatic heterocycles. The van der Waals surface area contributed by atoms with Crippen LogP contribution < -0.4 is 5.32 Å². The minimum absolute atomic E-state index is 0.311. The van der Waals surface area contributed by atoms with E-state index < -0.39 is 5.97 Å². The van der Waals surface area contributed by atoms with Crippen LogP contribution in [0.4, 0.5) is 5.95 Å². The molecule has 0 spiro atoms. The summed E-state index contributed by atoms with van der Waals surface area (Å²) in [5.41, 5.74) is 1.61. The standard InChI is InChI=1S/C21H33N3O2/c1-3-18-17-19(4-2)24-21(23-18)22-16-14-12-10-8-6-5-7-9-11-13-15-20(25)26/h3-4,17H,1-2,5-16H2,(H,25,26)(H,22,23,24). The molecule has 0 radical (unpaired) electrons. The highest BCUT2D eigenvalue weighted by atomic mass is 16.4. The first-order valence-corrected chi connectivity index (χ1v) is 9.75. The number of aromatic nitrogens is 2. The number of carboxylic acids is 1. The van der Waals surface area contributed by atoms with E-state index in [4.69, 9.17) is 5.11 Å². The van der Waals surface area contributed by atoms with Gasteiger partial charge in [0.1, 0.15) is 0 Å². The molecule has 1 heterocycles. The van der Waals surface area contributed by atoms with Crippen LogP contribution in [-0.2, 0) is 4.79 Å². The summed E-state index contributed by atoms with van der Waals surface area (Å²) in [5.74, 6) is -0.0409. The highest BCUT2D eigenvalue weighted by Crippen LogP contribution is 2.12. The fourth-order valence-electron chi connectivity index (χ4n) is 2.79. The van der Waals surface area contributed by atoms with Gasteiger partial charge in [-0.1, -0.05) is 64.5 Å². The number of carbonyl (C=O) groups is 1. The zero-order chi connectivity index (χ0) is 19.0. The van der Waals surface area contributed by atoms with Crippen molar-refractivity contribution in [3.05, 3.63) is 30.6 Å². The fraction of sp³-hybridized carbons (Fsp3) is 0.571. The SMILES string of the molecule is C=Cc1cc(C=C)nc(NCCCCCCCCCCCCC(=O)O)n1. The second-order valence-corrected chi connectivity index (χ2v) is 6.56. The lowest BCUT2D eigenvalue weighted by Crippen LogP contribution is -2.06. The molecule has 5 nitrogen and oxygen atoms in total. The molecule has 0 fully saturated rings. The van der Waals surface area contributed by atoms with Crippen LogP contribution >= 0.6 is 0 Å². The van der Waals surface area contributed by atoms with Gasteiger partial charge >= 0.3 is 5.97 Å². The normalized spacial score (nSPS) is 10.5. The van der Waals surface area contributed by atoms with Crippen molar-refractivity contribution in [2.45, 2.75) is 70.6 Å². The van der Waals surface area contributed by atoms with E-state index >= 15 is 0 Å². The van der Waals surface area contributed by atoms with Crippen LogP contribution in [0.5, 0.6) is 0 Å². The number of carboxylic acid groups (broad SMARTS) is 1. The molecular weight excluding hydrogens is 326 g/mol. The molecule has 0 bridgehead atoms. The number of hydrogen-bond acceptors (Lipinski definition) is 4. The molecule has 1 aromatic rings. The molecule has 0 unspecified atom stereocenters. The van der Waals surface area contributed by atoms with E-state index in [0.717, 1.165) is 43.6 Å². The molecule has 144 valence electrons. The number of nitrogens with one attached hydrogen (secondary N) is 1. The lowest BCUT2D eigenvalue weighted by molar-refractivity contribution is -0.137. The predicted octanol–water partition coefficient (Wildman–Crippen LogP) is 5.55. The number of aliphatic carboxylic acids is 1. The van der Waals surface area contributed by atoms with Crippen molar-refractivity contribution in [3.8, 4) is 0 Å². The number of anilines is 1. The van der Waals surface area contributed by atoms with E-state index in [1.54, 1.807) is 12.2 Å². The maximum Gasteiger partial charge on any atom is 0.303 e. The third-order valence-electron chi connectivity index (χ3n) is 4.28. The Morgan fingerprint density at radius 2 is 1.35 bits per heavy atom. The van der Waals surface area contributed by atoms with Crippen LogP contribution in [-0.4, -0.2) is 27.6 Å². The summed E-state index contributed by atoms with van der Waals surface area (Å²) in [6.07, 6.45) is 15.4. The van der Waals surface area contributed by atoms with Crippen LogP contribution in [0.1, 0.15) is 82.0 Å². The quantitative estimate of drug-likeness (QED) is 0.378. The van der Waals surface area contributed by atoms with Gasteiger partial charge in [-0.15, -0.1) is 0 Å². The van der Waals surface area contributed by atoms with Crippen LogP contribution in [0.25, 0.3) is 12.2 Å². The Hall–Kier alpha value is -2.17. The number of unbranched alkanes of at least 4 members (excludes halogenated alkanes) is 9. The monoisotopic (exact) mass is 359 g/mol. The lowest BCUT2D eigenvalue weighted by atomic mass is 10.1. The van der Waals surface area contributed by atoms with Crippen molar-refractivity contribution >= 4 is 24.1 Å². The maximum atomic E-state index is 10.4. The van der Waals surface area contributed by atoms with Gasteiger partial charge in [-0.05, 0) is 31.1 Å². The summed E-state index contributed by atoms with van der Waals surface area (Å²) in [7, 11) is 0. The van der Waals surface area contributed by atoms with E-state index in [9.17, 15) is 4.79 Å². The Balaban J connectivity index is 1.97. The van der Waals surface area contributed by atoms with Gasteiger partial charge in [0.2, 0.25) is 5.95 Å². The average Bonchev–Trinajstić information content (AvgIpc) is 2.64. The van der Waals surface area contributed by atoms with Crippen molar-refractivity contribution in [1.29, 1.82) is 0 Å². The summed E-state index contributed by atoms with van der Waals surface area (Å²) in [4.78, 5) is 19.2. The minimum atomic E-state index is -0.680. The number of hydrogen-bond donors (Lipinski definition) is 2. The highest BCUT2D eigenvalue weighted by molar-refractivity contribution is 5.66. The summed E-state index contributed by atoms with van der Waals surface area (Å²) in [6.45, 7) is 8.36. The first-order chi connectivity index (χ1) is 12.7. The third-order valence-corrected chi connectivity index (χ3v) is 4.28. The third kappa shape index (κ3) is 10.6. The van der Waals surface area contributed by atoms with Gasteiger partial charge in [-0.2, -0.15) is 0 Å². The Bertz CT molecular complexity index is 532. The molecule has 1 rings (SSSR count). The van der Waals surface area contributed by atoms with Gasteiger partial charge in [-0.3, -0.25) is 4.79 Å². The van der Waals surface area contributed by atoms with Crippen molar-refractivity contribution < 1.29 is 9.90 Å². The molecule has 0 aliphatic carbocycles. The van der Waals surface area contributed by atoms with Gasteiger partial charge in [0.15, 0.2) is 0 Å². The smallest absolute Gasteiger partial charge is 0.303 e. The summed E-state index contributed by atoms with van der Waals surface area (Å²) in [5, 5.41) is 11.8. The molecule has 2 N–H and O–H groups in total. The Kier molecular flexibility index (Phi) is 11.8. The molecule has 0 saturated carbocycles. The Morgan fingerprint density at radius 1 is 0.885 bits per heavy atom. The fourth-order valence-corrected chi connectivity index (χ4v) is 2.79. The van der Waals surface area contributed by atoms with E-state index in [2.05, 4.69) is 28.4 Å². The van der Waals surface area contributed by atoms with E-state index in [-0.39, 0.29) is 0 Å². The summed E-state index contributed by atoms with van der Waals surface area (Å²) < 4.78 is 0. The molecule has 5 heteroatoms. The van der Waals surface area contributed by atoms with E-state index in [1.165, 1.54) is 38.5 Å². The van der Waals surface area contributed by atoms with Gasteiger partial charge in [0.05, 0.1) is 11.4 Å². The topological polar surface area (TPSA) is 75.1 Å². The number of rotatable bonds is 16. The second-order valence-electron chi connectivity index (χ2n) is 6.56. The van der Waals surface area contributed by atoms with E-state index in [1.807, 2.05) is 6.07 Å². The molecule has 0 aromatic carbocycles. The first kappa shape index (κ1) is 21.9. The molecule has 0 amide bonds. The van der Waals surface area contributed by atoms with Gasteiger partial charge in [0, 0.05) is 13.0 Å². The zero-order valence-electron chi connectivity index (χ0n) is 15.9. The van der Waals surface area contributed by atoms with Crippen LogP contribution in [0.3, 0.4) is 0 Å². The van der Waals surface area contributed by atoms with Gasteiger partial charge < -0.3 is 10.4 Å². The zero-order valence-corrected chi connectivity index (χ0v) is 15.9. The largest absolute Gasteiger partial charge is 0.481 e. The Labute approximate surface area is 157 Å². The predicted molar refractivity (Wildman–Crippen MR) is 109 cm³/mol. The van der Waals surface area contributed by atoms with Crippen molar-refractivity contribution in [1.82, 2.24) is 9.97 Å². The highest BCUT2D eigenvalue weighted by Gasteiger charge is 2.00. The van der Waals surface area contributed by atoms with Crippen LogP contribution in [0, 0.1) is 0 Å². The summed E-state index contributed by atoms with van der Waals surface area (Å²) in [6, 6.07) is 1.86. The van der Waals surface area contributed by atoms with Gasteiger partial charge in [0.25, 0.3) is 0 Å². The van der Waals surface area contributed by atoms with Crippen molar-refractivity contribution in [3.63, 3.8) is 0 Å². The van der Waals surface area contributed by atoms with E-state index in [0.29, 0.717) is 12.4 Å². The lowest BCUT2D eigenvalue weighted by Gasteiger charge is -2.07. The average molecular weight is 360 g/mol. The number of nitrogens with zero attached hydrogens (tertiary/aromatic N) is 2. The Morgan fingerprint density at radius 3 is 1.81 bits per heavy atom. The molecule has 0 aliphatic rings. The van der Waals surface area contributed by atoms with Crippen LogP contribution in [0.15, 0.2) is 19.2 Å². The first-order valence-electron chi connectivity index (χ1n) is 9.75. The molecule has 0 atom stereocenters. The second kappa shape index (κ2) is 14.0. The van der Waals surface area contributed by atoms with Crippen LogP contribution in [0.2, 0.25) is 0 Å². The minimum Gasteiger partial charge on any atom is -0.481 e. The summed E-state index contributed by atoms with van der Waals surface area (Å²) >= 11 is 0. The van der Waals surface area contributed by atoms with Gasteiger partial charge in [-0.25, -0.2) is 9.97 Å².